The first-order valence-electron chi connectivity index (χ1n) is 4.78. The summed E-state index contributed by atoms with van der Waals surface area (Å²) in [5, 5.41) is 0. The van der Waals surface area contributed by atoms with E-state index >= 15 is 0 Å². The summed E-state index contributed by atoms with van der Waals surface area (Å²) >= 11 is 0. The average molecular weight is 172 g/mol. The van der Waals surface area contributed by atoms with Gasteiger partial charge >= 0.3 is 0 Å². The first-order chi connectivity index (χ1) is 5.23. The largest absolute Gasteiger partial charge is 0.420 e. The van der Waals surface area contributed by atoms with Gasteiger partial charge in [-0.25, -0.2) is 0 Å². The highest BCUT2D eigenvalue weighted by Crippen LogP contribution is 2.40. The number of hydrogen-bond acceptors (Lipinski definition) is 1. The van der Waals surface area contributed by atoms with E-state index in [-0.39, 0.29) is 0 Å². The molecule has 0 aromatic rings. The zero-order valence-corrected chi connectivity index (χ0v) is 9.02. The fraction of sp³-hybridized carbons (Fsp3) is 1.00. The van der Waals surface area contributed by atoms with Crippen LogP contribution >= 0.6 is 0 Å². The van der Waals surface area contributed by atoms with Gasteiger partial charge in [0.15, 0.2) is 8.32 Å². The number of rotatable bonds is 3. The van der Waals surface area contributed by atoms with Crippen molar-refractivity contribution in [3.8, 4) is 0 Å². The van der Waals surface area contributed by atoms with E-state index in [1.807, 2.05) is 7.11 Å². The molecule has 0 aromatic carbocycles. The van der Waals surface area contributed by atoms with Crippen molar-refractivity contribution in [1.82, 2.24) is 0 Å². The van der Waals surface area contributed by atoms with Crippen molar-refractivity contribution >= 4 is 8.32 Å². The molecule has 0 bridgehead atoms. The van der Waals surface area contributed by atoms with E-state index in [0.29, 0.717) is 0 Å². The lowest BCUT2D eigenvalue weighted by molar-refractivity contribution is 0.383. The van der Waals surface area contributed by atoms with Crippen molar-refractivity contribution in [3.63, 3.8) is 0 Å². The zero-order valence-electron chi connectivity index (χ0n) is 8.02. The Kier molecular flexibility index (Phi) is 3.13. The molecule has 0 spiro atoms. The van der Waals surface area contributed by atoms with Gasteiger partial charge in [-0.1, -0.05) is 32.6 Å². The highest BCUT2D eigenvalue weighted by molar-refractivity contribution is 6.73. The minimum absolute atomic E-state index is 0.956. The Hall–Kier alpha value is 0.177. The monoisotopic (exact) mass is 172 g/mol. The summed E-state index contributed by atoms with van der Waals surface area (Å²) in [6.07, 6.45) is 5.75. The van der Waals surface area contributed by atoms with Crippen molar-refractivity contribution in [2.24, 2.45) is 0 Å². The van der Waals surface area contributed by atoms with Crippen molar-refractivity contribution in [3.05, 3.63) is 0 Å². The summed E-state index contributed by atoms with van der Waals surface area (Å²) in [5.41, 5.74) is 0.956. The van der Waals surface area contributed by atoms with Gasteiger partial charge in [-0.2, -0.15) is 0 Å². The van der Waals surface area contributed by atoms with Crippen LogP contribution in [0.5, 0.6) is 0 Å². The van der Waals surface area contributed by atoms with Crippen molar-refractivity contribution < 1.29 is 4.43 Å². The van der Waals surface area contributed by atoms with Crippen LogP contribution in [-0.2, 0) is 4.43 Å². The topological polar surface area (TPSA) is 9.23 Å². The molecule has 1 aliphatic rings. The maximum atomic E-state index is 5.71. The molecule has 0 amide bonds. The van der Waals surface area contributed by atoms with Gasteiger partial charge in [0, 0.05) is 7.11 Å². The molecule has 1 unspecified atom stereocenters. The standard InChI is InChI=1S/C9H20OSi/c1-4-11(3,10-2)9-7-5-6-8-9/h9H,4-8H2,1-3H3. The summed E-state index contributed by atoms with van der Waals surface area (Å²) < 4.78 is 5.71. The van der Waals surface area contributed by atoms with Gasteiger partial charge in [0.2, 0.25) is 0 Å². The van der Waals surface area contributed by atoms with E-state index in [1.54, 1.807) is 0 Å². The Labute approximate surface area is 71.3 Å². The quantitative estimate of drug-likeness (QED) is 0.594. The molecular weight excluding hydrogens is 152 g/mol. The molecule has 1 aliphatic carbocycles. The number of hydrogen-bond donors (Lipinski definition) is 0. The van der Waals surface area contributed by atoms with E-state index < -0.39 is 8.32 Å². The minimum Gasteiger partial charge on any atom is -0.420 e. The molecule has 1 atom stereocenters. The van der Waals surface area contributed by atoms with Gasteiger partial charge in [0.05, 0.1) is 0 Å². The molecular formula is C9H20OSi. The van der Waals surface area contributed by atoms with E-state index in [0.717, 1.165) is 5.54 Å². The summed E-state index contributed by atoms with van der Waals surface area (Å²) in [6.45, 7) is 4.68. The molecule has 1 rings (SSSR count). The SMILES string of the molecule is CC[Si](C)(OC)C1CCCC1. The molecule has 66 valence electrons. The van der Waals surface area contributed by atoms with Crippen LogP contribution in [0, 0.1) is 0 Å². The second-order valence-corrected chi connectivity index (χ2v) is 8.41. The van der Waals surface area contributed by atoms with Crippen LogP contribution in [0.4, 0.5) is 0 Å². The molecule has 11 heavy (non-hydrogen) atoms. The van der Waals surface area contributed by atoms with Gasteiger partial charge in [-0.05, 0) is 18.1 Å². The van der Waals surface area contributed by atoms with Gasteiger partial charge in [0.25, 0.3) is 0 Å². The Morgan fingerprint density at radius 2 is 1.91 bits per heavy atom. The minimum atomic E-state index is -1.26. The maximum absolute atomic E-state index is 5.71. The van der Waals surface area contributed by atoms with Gasteiger partial charge in [-0.3, -0.25) is 0 Å². The van der Waals surface area contributed by atoms with Crippen molar-refractivity contribution in [1.29, 1.82) is 0 Å². The second-order valence-electron chi connectivity index (χ2n) is 3.85. The van der Waals surface area contributed by atoms with Crippen LogP contribution in [0.3, 0.4) is 0 Å². The van der Waals surface area contributed by atoms with Crippen LogP contribution in [0.15, 0.2) is 0 Å². The first kappa shape index (κ1) is 9.27. The van der Waals surface area contributed by atoms with Crippen molar-refractivity contribution in [2.45, 2.75) is 50.7 Å². The van der Waals surface area contributed by atoms with E-state index in [1.165, 1.54) is 31.7 Å². The normalized spacial score (nSPS) is 25.4. The molecule has 0 radical (unpaired) electrons. The lowest BCUT2D eigenvalue weighted by Gasteiger charge is -2.30. The Bertz CT molecular complexity index is 115. The Balaban J connectivity index is 2.52. The predicted octanol–water partition coefficient (Wildman–Crippen LogP) is 3.17. The predicted molar refractivity (Wildman–Crippen MR) is 51.3 cm³/mol. The smallest absolute Gasteiger partial charge is 0.192 e. The van der Waals surface area contributed by atoms with Crippen LogP contribution in [-0.4, -0.2) is 15.4 Å². The van der Waals surface area contributed by atoms with Gasteiger partial charge in [0.1, 0.15) is 0 Å². The van der Waals surface area contributed by atoms with Crippen LogP contribution in [0.25, 0.3) is 0 Å². The fourth-order valence-corrected chi connectivity index (χ4v) is 4.97. The Morgan fingerprint density at radius 3 is 2.27 bits per heavy atom. The van der Waals surface area contributed by atoms with Gasteiger partial charge < -0.3 is 4.43 Å². The second kappa shape index (κ2) is 3.72. The summed E-state index contributed by atoms with van der Waals surface area (Å²) in [6, 6.07) is 1.29. The summed E-state index contributed by atoms with van der Waals surface area (Å²) in [7, 11) is 0.646. The third kappa shape index (κ3) is 1.85. The molecule has 1 nitrogen and oxygen atoms in total. The molecule has 2 heteroatoms. The molecule has 0 N–H and O–H groups in total. The van der Waals surface area contributed by atoms with Crippen LogP contribution < -0.4 is 0 Å². The fourth-order valence-electron chi connectivity index (χ4n) is 2.14. The first-order valence-corrected chi connectivity index (χ1v) is 7.47. The molecule has 0 heterocycles. The van der Waals surface area contributed by atoms with E-state index in [9.17, 15) is 0 Å². The third-order valence-electron chi connectivity index (χ3n) is 3.39. The van der Waals surface area contributed by atoms with E-state index in [2.05, 4.69) is 13.5 Å². The molecule has 0 saturated heterocycles. The molecule has 0 aliphatic heterocycles. The van der Waals surface area contributed by atoms with Crippen LogP contribution in [0.1, 0.15) is 32.6 Å². The average Bonchev–Trinajstić information content (AvgIpc) is 2.55. The van der Waals surface area contributed by atoms with Gasteiger partial charge in [-0.15, -0.1) is 0 Å². The lowest BCUT2D eigenvalue weighted by atomic mass is 10.4. The Morgan fingerprint density at radius 1 is 1.36 bits per heavy atom. The molecule has 0 aromatic heterocycles. The highest BCUT2D eigenvalue weighted by Gasteiger charge is 2.37. The maximum Gasteiger partial charge on any atom is 0.192 e. The molecule has 1 saturated carbocycles. The van der Waals surface area contributed by atoms with Crippen molar-refractivity contribution in [2.75, 3.05) is 7.11 Å². The summed E-state index contributed by atoms with van der Waals surface area (Å²) in [5.74, 6) is 0. The summed E-state index contributed by atoms with van der Waals surface area (Å²) in [4.78, 5) is 0. The van der Waals surface area contributed by atoms with E-state index in [4.69, 9.17) is 4.43 Å². The zero-order chi connectivity index (χ0) is 8.32. The third-order valence-corrected chi connectivity index (χ3v) is 8.03. The highest BCUT2D eigenvalue weighted by atomic mass is 28.4. The van der Waals surface area contributed by atoms with Crippen LogP contribution in [0.2, 0.25) is 18.1 Å². The lowest BCUT2D eigenvalue weighted by Crippen LogP contribution is -2.36. The molecule has 1 fully saturated rings.